The van der Waals surface area contributed by atoms with Crippen LogP contribution in [0.1, 0.15) is 54.8 Å². The van der Waals surface area contributed by atoms with E-state index in [-0.39, 0.29) is 0 Å². The summed E-state index contributed by atoms with van der Waals surface area (Å²) in [5, 5.41) is 0. The van der Waals surface area contributed by atoms with E-state index in [1.807, 2.05) is 6.20 Å². The van der Waals surface area contributed by atoms with Crippen LogP contribution in [-0.2, 0) is 0 Å². The van der Waals surface area contributed by atoms with Gasteiger partial charge in [0.2, 0.25) is 0 Å². The Morgan fingerprint density at radius 3 is 2.33 bits per heavy atom. The molecule has 1 saturated carbocycles. The van der Waals surface area contributed by atoms with Crippen LogP contribution in [0.25, 0.3) is 11.0 Å². The van der Waals surface area contributed by atoms with Gasteiger partial charge in [0, 0.05) is 12.1 Å². The predicted molar refractivity (Wildman–Crippen MR) is 74.8 cm³/mol. The van der Waals surface area contributed by atoms with Crippen LogP contribution in [0.2, 0.25) is 0 Å². The molecule has 1 fully saturated rings. The summed E-state index contributed by atoms with van der Waals surface area (Å²) in [6, 6.07) is 4.31. The zero-order valence-corrected chi connectivity index (χ0v) is 11.2. The maximum absolute atomic E-state index is 4.84. The van der Waals surface area contributed by atoms with E-state index in [1.54, 1.807) is 0 Å². The van der Waals surface area contributed by atoms with Crippen molar-refractivity contribution in [3.8, 4) is 0 Å². The average molecular weight is 240 g/mol. The van der Waals surface area contributed by atoms with Crippen LogP contribution in [-0.4, -0.2) is 9.97 Å². The molecule has 0 bridgehead atoms. The molecule has 0 N–H and O–H groups in total. The second-order valence-electron chi connectivity index (χ2n) is 5.55. The molecule has 1 aliphatic carbocycles. The first kappa shape index (κ1) is 11.6. The number of hydrogen-bond acceptors (Lipinski definition) is 2. The first-order valence-corrected chi connectivity index (χ1v) is 6.98. The van der Waals surface area contributed by atoms with Crippen molar-refractivity contribution in [2.24, 2.45) is 0 Å². The monoisotopic (exact) mass is 240 g/mol. The Morgan fingerprint density at radius 2 is 1.61 bits per heavy atom. The van der Waals surface area contributed by atoms with E-state index in [0.29, 0.717) is 5.92 Å². The minimum Gasteiger partial charge on any atom is -0.253 e. The summed E-state index contributed by atoms with van der Waals surface area (Å²) >= 11 is 0. The normalized spacial score (nSPS) is 17.2. The van der Waals surface area contributed by atoms with Gasteiger partial charge >= 0.3 is 0 Å². The molecule has 2 heteroatoms. The van der Waals surface area contributed by atoms with Crippen LogP contribution in [0.3, 0.4) is 0 Å². The highest BCUT2D eigenvalue weighted by atomic mass is 14.8. The molecule has 0 saturated heterocycles. The van der Waals surface area contributed by atoms with Gasteiger partial charge in [0.15, 0.2) is 0 Å². The highest BCUT2D eigenvalue weighted by Crippen LogP contribution is 2.31. The first-order chi connectivity index (χ1) is 8.74. The van der Waals surface area contributed by atoms with E-state index < -0.39 is 0 Å². The topological polar surface area (TPSA) is 25.8 Å². The first-order valence-electron chi connectivity index (χ1n) is 6.98. The van der Waals surface area contributed by atoms with E-state index in [2.05, 4.69) is 31.0 Å². The van der Waals surface area contributed by atoms with E-state index in [4.69, 9.17) is 4.98 Å². The molecule has 0 aliphatic heterocycles. The molecule has 1 heterocycles. The predicted octanol–water partition coefficient (Wildman–Crippen LogP) is 4.29. The highest BCUT2D eigenvalue weighted by Gasteiger charge is 2.17. The lowest BCUT2D eigenvalue weighted by Crippen LogP contribution is -2.07. The zero-order valence-electron chi connectivity index (χ0n) is 11.2. The van der Waals surface area contributed by atoms with Gasteiger partial charge in [0.1, 0.15) is 0 Å². The van der Waals surface area contributed by atoms with Gasteiger partial charge in [-0.25, -0.2) is 4.98 Å². The molecule has 3 rings (SSSR count). The van der Waals surface area contributed by atoms with Crippen molar-refractivity contribution in [2.75, 3.05) is 0 Å². The van der Waals surface area contributed by atoms with Crippen molar-refractivity contribution in [1.29, 1.82) is 0 Å². The number of aryl methyl sites for hydroxylation is 2. The minimum atomic E-state index is 0.636. The average Bonchev–Trinajstić information content (AvgIpc) is 2.41. The Labute approximate surface area is 108 Å². The van der Waals surface area contributed by atoms with Gasteiger partial charge in [-0.3, -0.25) is 4.98 Å². The van der Waals surface area contributed by atoms with Gasteiger partial charge in [0.25, 0.3) is 0 Å². The third-order valence-corrected chi connectivity index (χ3v) is 4.20. The van der Waals surface area contributed by atoms with Gasteiger partial charge in [-0.1, -0.05) is 19.3 Å². The Bertz CT molecular complexity index is 569. The van der Waals surface area contributed by atoms with Crippen LogP contribution in [0, 0.1) is 13.8 Å². The number of rotatable bonds is 1. The van der Waals surface area contributed by atoms with Gasteiger partial charge in [-0.15, -0.1) is 0 Å². The van der Waals surface area contributed by atoms with Gasteiger partial charge in [0.05, 0.1) is 16.7 Å². The molecular weight excluding hydrogens is 220 g/mol. The third-order valence-electron chi connectivity index (χ3n) is 4.20. The van der Waals surface area contributed by atoms with Crippen molar-refractivity contribution in [2.45, 2.75) is 51.9 Å². The zero-order chi connectivity index (χ0) is 12.5. The fourth-order valence-corrected chi connectivity index (χ4v) is 2.88. The smallest absolute Gasteiger partial charge is 0.0893 e. The lowest BCUT2D eigenvalue weighted by molar-refractivity contribution is 0.436. The molecule has 94 valence electrons. The van der Waals surface area contributed by atoms with Gasteiger partial charge < -0.3 is 0 Å². The van der Waals surface area contributed by atoms with E-state index in [1.165, 1.54) is 48.9 Å². The SMILES string of the molecule is Cc1cc2ncc(C3CCCCC3)nc2cc1C. The van der Waals surface area contributed by atoms with Crippen molar-refractivity contribution in [3.05, 3.63) is 35.2 Å². The Kier molecular flexibility index (Phi) is 3.02. The molecule has 2 nitrogen and oxygen atoms in total. The van der Waals surface area contributed by atoms with Crippen molar-refractivity contribution >= 4 is 11.0 Å². The largest absolute Gasteiger partial charge is 0.253 e. The Hall–Kier alpha value is -1.44. The Balaban J connectivity index is 2.02. The summed E-state index contributed by atoms with van der Waals surface area (Å²) < 4.78 is 0. The highest BCUT2D eigenvalue weighted by molar-refractivity contribution is 5.76. The molecule has 18 heavy (non-hydrogen) atoms. The van der Waals surface area contributed by atoms with Crippen molar-refractivity contribution in [1.82, 2.24) is 9.97 Å². The summed E-state index contributed by atoms with van der Waals surface area (Å²) in [6.07, 6.45) is 8.63. The number of aromatic nitrogens is 2. The summed E-state index contributed by atoms with van der Waals surface area (Å²) in [7, 11) is 0. The number of fused-ring (bicyclic) bond motifs is 1. The summed E-state index contributed by atoms with van der Waals surface area (Å²) in [5.41, 5.74) is 5.88. The van der Waals surface area contributed by atoms with Gasteiger partial charge in [-0.05, 0) is 49.9 Å². The fourth-order valence-electron chi connectivity index (χ4n) is 2.88. The minimum absolute atomic E-state index is 0.636. The lowest BCUT2D eigenvalue weighted by atomic mass is 9.87. The van der Waals surface area contributed by atoms with Crippen LogP contribution < -0.4 is 0 Å². The standard InChI is InChI=1S/C16H20N2/c1-11-8-14-15(9-12(11)2)18-16(10-17-14)13-6-4-3-5-7-13/h8-10,13H,3-7H2,1-2H3. The fraction of sp³-hybridized carbons (Fsp3) is 0.500. The molecule has 1 aromatic heterocycles. The maximum atomic E-state index is 4.84. The lowest BCUT2D eigenvalue weighted by Gasteiger charge is -2.20. The summed E-state index contributed by atoms with van der Waals surface area (Å²) in [4.78, 5) is 9.43. The van der Waals surface area contributed by atoms with Crippen LogP contribution >= 0.6 is 0 Å². The summed E-state index contributed by atoms with van der Waals surface area (Å²) in [6.45, 7) is 4.27. The number of hydrogen-bond donors (Lipinski definition) is 0. The number of nitrogens with zero attached hydrogens (tertiary/aromatic N) is 2. The van der Waals surface area contributed by atoms with Crippen LogP contribution in [0.5, 0.6) is 0 Å². The third kappa shape index (κ3) is 2.12. The summed E-state index contributed by atoms with van der Waals surface area (Å²) in [5.74, 6) is 0.636. The molecule has 0 amide bonds. The Morgan fingerprint density at radius 1 is 0.944 bits per heavy atom. The molecule has 2 aromatic rings. The van der Waals surface area contributed by atoms with Crippen LogP contribution in [0.15, 0.2) is 18.3 Å². The quantitative estimate of drug-likeness (QED) is 0.743. The van der Waals surface area contributed by atoms with Crippen molar-refractivity contribution in [3.63, 3.8) is 0 Å². The molecule has 1 aromatic carbocycles. The van der Waals surface area contributed by atoms with E-state index in [0.717, 1.165) is 11.0 Å². The molecule has 0 spiro atoms. The van der Waals surface area contributed by atoms with E-state index in [9.17, 15) is 0 Å². The molecular formula is C16H20N2. The van der Waals surface area contributed by atoms with Crippen LogP contribution in [0.4, 0.5) is 0 Å². The molecule has 1 aliphatic rings. The molecule has 0 atom stereocenters. The maximum Gasteiger partial charge on any atom is 0.0893 e. The molecule has 0 unspecified atom stereocenters. The number of benzene rings is 1. The van der Waals surface area contributed by atoms with Crippen molar-refractivity contribution < 1.29 is 0 Å². The molecule has 0 radical (unpaired) electrons. The second kappa shape index (κ2) is 4.68. The van der Waals surface area contributed by atoms with E-state index >= 15 is 0 Å². The van der Waals surface area contributed by atoms with Gasteiger partial charge in [-0.2, -0.15) is 0 Å². The second-order valence-corrected chi connectivity index (χ2v) is 5.55.